The number of hydrogen-bond donors (Lipinski definition) is 0. The molecule has 2 rings (SSSR count). The molecule has 100 valence electrons. The monoisotopic (exact) mass is 312 g/mol. The lowest BCUT2D eigenvalue weighted by Gasteiger charge is -2.22. The second kappa shape index (κ2) is 7.15. The van der Waals surface area contributed by atoms with Crippen LogP contribution in [0.15, 0.2) is 22.7 Å². The maximum Gasteiger partial charge on any atom is 0.133 e. The van der Waals surface area contributed by atoms with Crippen molar-refractivity contribution in [2.75, 3.05) is 13.7 Å². The van der Waals surface area contributed by atoms with E-state index in [2.05, 4.69) is 22.0 Å². The summed E-state index contributed by atoms with van der Waals surface area (Å²) in [6.07, 6.45) is 6.74. The van der Waals surface area contributed by atoms with Crippen LogP contribution in [0, 0.1) is 5.92 Å². The van der Waals surface area contributed by atoms with Crippen LogP contribution in [0.3, 0.4) is 0 Å². The fourth-order valence-electron chi connectivity index (χ4n) is 2.50. The standard InChI is InChI=1S/C15H21BrO2/c1-17-11-13-8-5-9-14(15(13)16)18-10-12-6-3-2-4-7-12/h5,8-9,12H,2-4,6-7,10-11H2,1H3. The van der Waals surface area contributed by atoms with Gasteiger partial charge in [-0.15, -0.1) is 0 Å². The van der Waals surface area contributed by atoms with Crippen LogP contribution in [0.5, 0.6) is 5.75 Å². The van der Waals surface area contributed by atoms with E-state index in [1.807, 2.05) is 12.1 Å². The minimum atomic E-state index is 0.612. The Morgan fingerprint density at radius 2 is 2.00 bits per heavy atom. The van der Waals surface area contributed by atoms with Gasteiger partial charge in [0.1, 0.15) is 5.75 Å². The number of benzene rings is 1. The second-order valence-electron chi connectivity index (χ2n) is 4.98. The molecule has 0 heterocycles. The third-order valence-corrected chi connectivity index (χ3v) is 4.44. The lowest BCUT2D eigenvalue weighted by atomic mass is 9.90. The van der Waals surface area contributed by atoms with Crippen LogP contribution >= 0.6 is 15.9 Å². The highest BCUT2D eigenvalue weighted by molar-refractivity contribution is 9.10. The SMILES string of the molecule is COCc1cccc(OCC2CCCCC2)c1Br. The lowest BCUT2D eigenvalue weighted by Crippen LogP contribution is -2.15. The first-order valence-electron chi connectivity index (χ1n) is 6.70. The van der Waals surface area contributed by atoms with E-state index in [0.29, 0.717) is 6.61 Å². The molecular weight excluding hydrogens is 292 g/mol. The molecule has 18 heavy (non-hydrogen) atoms. The third kappa shape index (κ3) is 3.72. The summed E-state index contributed by atoms with van der Waals surface area (Å²) in [6, 6.07) is 6.10. The molecule has 0 bridgehead atoms. The van der Waals surface area contributed by atoms with E-state index in [1.54, 1.807) is 7.11 Å². The molecule has 0 N–H and O–H groups in total. The fourth-order valence-corrected chi connectivity index (χ4v) is 2.99. The normalized spacial score (nSPS) is 16.8. The molecule has 0 amide bonds. The molecule has 0 unspecified atom stereocenters. The van der Waals surface area contributed by atoms with Gasteiger partial charge in [0.2, 0.25) is 0 Å². The number of hydrogen-bond acceptors (Lipinski definition) is 2. The molecule has 0 saturated heterocycles. The molecule has 0 atom stereocenters. The Hall–Kier alpha value is -0.540. The number of methoxy groups -OCH3 is 1. The van der Waals surface area contributed by atoms with Crippen molar-refractivity contribution < 1.29 is 9.47 Å². The van der Waals surface area contributed by atoms with E-state index in [9.17, 15) is 0 Å². The minimum absolute atomic E-state index is 0.612. The van der Waals surface area contributed by atoms with Gasteiger partial charge in [-0.1, -0.05) is 31.4 Å². The van der Waals surface area contributed by atoms with Gasteiger partial charge in [-0.25, -0.2) is 0 Å². The van der Waals surface area contributed by atoms with Crippen molar-refractivity contribution in [1.82, 2.24) is 0 Å². The summed E-state index contributed by atoms with van der Waals surface area (Å²) < 4.78 is 12.2. The van der Waals surface area contributed by atoms with Crippen molar-refractivity contribution >= 4 is 15.9 Å². The van der Waals surface area contributed by atoms with Crippen molar-refractivity contribution in [3.8, 4) is 5.75 Å². The molecule has 1 aliphatic carbocycles. The van der Waals surface area contributed by atoms with Gasteiger partial charge < -0.3 is 9.47 Å². The molecular formula is C15H21BrO2. The van der Waals surface area contributed by atoms with E-state index in [1.165, 1.54) is 32.1 Å². The summed E-state index contributed by atoms with van der Waals surface area (Å²) >= 11 is 3.60. The second-order valence-corrected chi connectivity index (χ2v) is 5.77. The molecule has 0 aromatic heterocycles. The Morgan fingerprint density at radius 1 is 1.22 bits per heavy atom. The highest BCUT2D eigenvalue weighted by Crippen LogP contribution is 2.31. The Balaban J connectivity index is 1.93. The summed E-state index contributed by atoms with van der Waals surface area (Å²) in [5, 5.41) is 0. The Morgan fingerprint density at radius 3 is 2.72 bits per heavy atom. The third-order valence-electron chi connectivity index (χ3n) is 3.54. The summed E-state index contributed by atoms with van der Waals surface area (Å²) in [6.45, 7) is 1.45. The minimum Gasteiger partial charge on any atom is -0.492 e. The fraction of sp³-hybridized carbons (Fsp3) is 0.600. The van der Waals surface area contributed by atoms with E-state index in [0.717, 1.165) is 28.3 Å². The predicted octanol–water partition coefficient (Wildman–Crippen LogP) is 4.55. The average molecular weight is 313 g/mol. The van der Waals surface area contributed by atoms with Crippen molar-refractivity contribution in [1.29, 1.82) is 0 Å². The molecule has 0 spiro atoms. The topological polar surface area (TPSA) is 18.5 Å². The van der Waals surface area contributed by atoms with E-state index in [4.69, 9.17) is 9.47 Å². The van der Waals surface area contributed by atoms with Crippen molar-refractivity contribution in [2.24, 2.45) is 5.92 Å². The number of halogens is 1. The molecule has 1 aromatic carbocycles. The Labute approximate surface area is 118 Å². The van der Waals surface area contributed by atoms with Gasteiger partial charge in [-0.05, 0) is 46.3 Å². The van der Waals surface area contributed by atoms with Crippen LogP contribution in [-0.4, -0.2) is 13.7 Å². The first-order valence-corrected chi connectivity index (χ1v) is 7.49. The smallest absolute Gasteiger partial charge is 0.133 e. The van der Waals surface area contributed by atoms with Crippen LogP contribution in [0.1, 0.15) is 37.7 Å². The Bertz CT molecular complexity index is 373. The van der Waals surface area contributed by atoms with Crippen molar-refractivity contribution in [3.05, 3.63) is 28.2 Å². The Kier molecular flexibility index (Phi) is 5.51. The molecule has 3 heteroatoms. The van der Waals surface area contributed by atoms with Gasteiger partial charge >= 0.3 is 0 Å². The zero-order valence-electron chi connectivity index (χ0n) is 11.0. The predicted molar refractivity (Wildman–Crippen MR) is 76.9 cm³/mol. The zero-order valence-corrected chi connectivity index (χ0v) is 12.5. The quantitative estimate of drug-likeness (QED) is 0.793. The zero-order chi connectivity index (χ0) is 12.8. The maximum absolute atomic E-state index is 5.96. The molecule has 2 nitrogen and oxygen atoms in total. The van der Waals surface area contributed by atoms with Crippen LogP contribution in [0.4, 0.5) is 0 Å². The molecule has 1 aliphatic rings. The van der Waals surface area contributed by atoms with E-state index >= 15 is 0 Å². The maximum atomic E-state index is 5.96. The first kappa shape index (κ1) is 13.9. The summed E-state index contributed by atoms with van der Waals surface area (Å²) in [5.41, 5.74) is 1.14. The average Bonchev–Trinajstić information content (AvgIpc) is 2.41. The highest BCUT2D eigenvalue weighted by atomic mass is 79.9. The van der Waals surface area contributed by atoms with Crippen LogP contribution < -0.4 is 4.74 Å². The molecule has 1 saturated carbocycles. The molecule has 1 fully saturated rings. The number of ether oxygens (including phenoxy) is 2. The van der Waals surface area contributed by atoms with Gasteiger partial charge in [-0.2, -0.15) is 0 Å². The van der Waals surface area contributed by atoms with Gasteiger partial charge in [0.05, 0.1) is 17.7 Å². The van der Waals surface area contributed by atoms with Crippen molar-refractivity contribution in [3.63, 3.8) is 0 Å². The summed E-state index contributed by atoms with van der Waals surface area (Å²) in [5.74, 6) is 1.67. The molecule has 1 aromatic rings. The van der Waals surface area contributed by atoms with E-state index < -0.39 is 0 Å². The van der Waals surface area contributed by atoms with Crippen LogP contribution in [-0.2, 0) is 11.3 Å². The van der Waals surface area contributed by atoms with E-state index in [-0.39, 0.29) is 0 Å². The van der Waals surface area contributed by atoms with Crippen LogP contribution in [0.25, 0.3) is 0 Å². The van der Waals surface area contributed by atoms with Gasteiger partial charge in [0.15, 0.2) is 0 Å². The number of rotatable bonds is 5. The summed E-state index contributed by atoms with van der Waals surface area (Å²) in [4.78, 5) is 0. The van der Waals surface area contributed by atoms with Gasteiger partial charge in [-0.3, -0.25) is 0 Å². The molecule has 0 radical (unpaired) electrons. The van der Waals surface area contributed by atoms with Gasteiger partial charge in [0, 0.05) is 7.11 Å². The van der Waals surface area contributed by atoms with Gasteiger partial charge in [0.25, 0.3) is 0 Å². The van der Waals surface area contributed by atoms with Crippen molar-refractivity contribution in [2.45, 2.75) is 38.7 Å². The summed E-state index contributed by atoms with van der Waals surface area (Å²) in [7, 11) is 1.71. The molecule has 0 aliphatic heterocycles. The lowest BCUT2D eigenvalue weighted by molar-refractivity contribution is 0.182. The highest BCUT2D eigenvalue weighted by Gasteiger charge is 2.15. The largest absolute Gasteiger partial charge is 0.492 e. The van der Waals surface area contributed by atoms with Crippen LogP contribution in [0.2, 0.25) is 0 Å². The first-order chi connectivity index (χ1) is 8.81.